The van der Waals surface area contributed by atoms with Gasteiger partial charge in [-0.1, -0.05) is 6.07 Å². The summed E-state index contributed by atoms with van der Waals surface area (Å²) in [4.78, 5) is 13.3. The maximum atomic E-state index is 6.09. The fourth-order valence-electron chi connectivity index (χ4n) is 4.10. The molecule has 2 aliphatic rings. The predicted octanol–water partition coefficient (Wildman–Crippen LogP) is 4.16. The monoisotopic (exact) mass is 376 g/mol. The van der Waals surface area contributed by atoms with Crippen LogP contribution in [0.4, 0.5) is 0 Å². The number of H-pyrrole nitrogens is 1. The van der Waals surface area contributed by atoms with E-state index >= 15 is 0 Å². The molecule has 2 aromatic heterocycles. The van der Waals surface area contributed by atoms with Crippen LogP contribution >= 0.6 is 0 Å². The molecule has 6 nitrogen and oxygen atoms in total. The lowest BCUT2D eigenvalue weighted by atomic mass is 9.86. The largest absolute Gasteiger partial charge is 0.454 e. The Morgan fingerprint density at radius 2 is 1.82 bits per heavy atom. The minimum Gasteiger partial charge on any atom is -0.454 e. The number of fused-ring (bicyclic) bond motifs is 1. The molecule has 1 saturated carbocycles. The van der Waals surface area contributed by atoms with Gasteiger partial charge >= 0.3 is 0 Å². The molecule has 5 rings (SSSR count). The number of nitrogens with two attached hydrogens (primary N) is 1. The van der Waals surface area contributed by atoms with E-state index in [-0.39, 0.29) is 6.79 Å². The van der Waals surface area contributed by atoms with Crippen LogP contribution in [0.3, 0.4) is 0 Å². The van der Waals surface area contributed by atoms with Crippen LogP contribution in [-0.2, 0) is 0 Å². The zero-order chi connectivity index (χ0) is 19.1. The molecule has 0 spiro atoms. The van der Waals surface area contributed by atoms with Crippen LogP contribution in [0.15, 0.2) is 36.4 Å². The molecule has 0 radical (unpaired) electrons. The first-order valence-corrected chi connectivity index (χ1v) is 9.87. The van der Waals surface area contributed by atoms with Gasteiger partial charge < -0.3 is 20.2 Å². The Kier molecular flexibility index (Phi) is 4.28. The number of pyridine rings is 1. The maximum absolute atomic E-state index is 6.09. The van der Waals surface area contributed by atoms with E-state index in [2.05, 4.69) is 4.98 Å². The Bertz CT molecular complexity index is 1010. The third-order valence-corrected chi connectivity index (χ3v) is 5.67. The molecule has 6 heteroatoms. The number of rotatable bonds is 3. The van der Waals surface area contributed by atoms with E-state index < -0.39 is 0 Å². The summed E-state index contributed by atoms with van der Waals surface area (Å²) in [5, 5.41) is 0. The second kappa shape index (κ2) is 6.95. The molecule has 0 unspecified atom stereocenters. The van der Waals surface area contributed by atoms with Gasteiger partial charge in [0.25, 0.3) is 0 Å². The van der Waals surface area contributed by atoms with Gasteiger partial charge in [0.2, 0.25) is 6.79 Å². The van der Waals surface area contributed by atoms with Crippen molar-refractivity contribution < 1.29 is 9.47 Å². The number of hydrogen-bond acceptors (Lipinski definition) is 5. The van der Waals surface area contributed by atoms with Gasteiger partial charge in [0, 0.05) is 23.2 Å². The molecule has 1 aliphatic heterocycles. The molecule has 0 amide bonds. The molecule has 3 aromatic rings. The highest BCUT2D eigenvalue weighted by Crippen LogP contribution is 2.40. The molecular formula is C22H24N4O2. The summed E-state index contributed by atoms with van der Waals surface area (Å²) in [6.07, 6.45) is 4.22. The van der Waals surface area contributed by atoms with E-state index in [9.17, 15) is 0 Å². The molecule has 28 heavy (non-hydrogen) atoms. The second-order valence-electron chi connectivity index (χ2n) is 7.69. The molecule has 3 heterocycles. The van der Waals surface area contributed by atoms with Gasteiger partial charge in [0.1, 0.15) is 5.82 Å². The second-order valence-corrected chi connectivity index (χ2v) is 7.69. The molecule has 1 aliphatic carbocycles. The van der Waals surface area contributed by atoms with Crippen molar-refractivity contribution in [3.63, 3.8) is 0 Å². The fourth-order valence-corrected chi connectivity index (χ4v) is 4.10. The van der Waals surface area contributed by atoms with Crippen LogP contribution in [-0.4, -0.2) is 27.8 Å². The Labute approximate surface area is 164 Å². The first kappa shape index (κ1) is 17.3. The van der Waals surface area contributed by atoms with Gasteiger partial charge in [-0.2, -0.15) is 0 Å². The van der Waals surface area contributed by atoms with E-state index in [0.717, 1.165) is 71.3 Å². The number of imidazole rings is 1. The van der Waals surface area contributed by atoms with Crippen LogP contribution < -0.4 is 15.2 Å². The molecule has 144 valence electrons. The Morgan fingerprint density at radius 3 is 2.64 bits per heavy atom. The summed E-state index contributed by atoms with van der Waals surface area (Å²) in [6.45, 7) is 2.27. The third-order valence-electron chi connectivity index (χ3n) is 5.67. The summed E-state index contributed by atoms with van der Waals surface area (Å²) >= 11 is 0. The van der Waals surface area contributed by atoms with Crippen molar-refractivity contribution in [3.8, 4) is 34.1 Å². The standard InChI is InChI=1S/C22H24N4O2/c1-13-3-2-4-17(24-13)21-20(15-7-10-18-19(11-15)28-12-27-18)25-22(26-21)14-5-8-16(23)9-6-14/h2-4,7,10-11,14,16H,5-6,8-9,12,23H2,1H3,(H,25,26). The molecule has 1 aromatic carbocycles. The van der Waals surface area contributed by atoms with Crippen molar-refractivity contribution in [1.82, 2.24) is 15.0 Å². The van der Waals surface area contributed by atoms with E-state index in [1.807, 2.05) is 43.3 Å². The average molecular weight is 376 g/mol. The molecular weight excluding hydrogens is 352 g/mol. The van der Waals surface area contributed by atoms with Gasteiger partial charge in [-0.25, -0.2) is 4.98 Å². The van der Waals surface area contributed by atoms with Crippen molar-refractivity contribution in [2.45, 2.75) is 44.6 Å². The SMILES string of the molecule is Cc1cccc(-c2[nH]c(C3CCC(N)CC3)nc2-c2ccc3c(c2)OCO3)n1. The fraction of sp³-hybridized carbons (Fsp3) is 0.364. The summed E-state index contributed by atoms with van der Waals surface area (Å²) in [6, 6.07) is 12.3. The third kappa shape index (κ3) is 3.14. The highest BCUT2D eigenvalue weighted by atomic mass is 16.7. The number of benzene rings is 1. The van der Waals surface area contributed by atoms with Crippen LogP contribution in [0.1, 0.15) is 43.1 Å². The van der Waals surface area contributed by atoms with Crippen LogP contribution in [0, 0.1) is 6.92 Å². The van der Waals surface area contributed by atoms with Crippen LogP contribution in [0.25, 0.3) is 22.6 Å². The molecule has 1 fully saturated rings. The number of aryl methyl sites for hydroxylation is 1. The zero-order valence-corrected chi connectivity index (χ0v) is 15.9. The number of aromatic amines is 1. The minimum absolute atomic E-state index is 0.263. The summed E-state index contributed by atoms with van der Waals surface area (Å²) in [7, 11) is 0. The highest BCUT2D eigenvalue weighted by molar-refractivity contribution is 5.78. The quantitative estimate of drug-likeness (QED) is 0.717. The lowest BCUT2D eigenvalue weighted by molar-refractivity contribution is 0.174. The molecule has 3 N–H and O–H groups in total. The van der Waals surface area contributed by atoms with Gasteiger partial charge in [-0.05, 0) is 62.9 Å². The number of hydrogen-bond donors (Lipinski definition) is 2. The smallest absolute Gasteiger partial charge is 0.231 e. The number of nitrogens with one attached hydrogen (secondary N) is 1. The van der Waals surface area contributed by atoms with Crippen molar-refractivity contribution in [2.75, 3.05) is 6.79 Å². The topological polar surface area (TPSA) is 86.1 Å². The lowest BCUT2D eigenvalue weighted by Gasteiger charge is -2.24. The summed E-state index contributed by atoms with van der Waals surface area (Å²) in [5.74, 6) is 2.97. The molecule has 0 saturated heterocycles. The van der Waals surface area contributed by atoms with Crippen LogP contribution in [0.2, 0.25) is 0 Å². The van der Waals surface area contributed by atoms with Gasteiger partial charge in [0.15, 0.2) is 11.5 Å². The van der Waals surface area contributed by atoms with Crippen LogP contribution in [0.5, 0.6) is 11.5 Å². The van der Waals surface area contributed by atoms with E-state index in [1.165, 1.54) is 0 Å². The Morgan fingerprint density at radius 1 is 1.00 bits per heavy atom. The number of ether oxygens (including phenoxy) is 2. The first-order valence-electron chi connectivity index (χ1n) is 9.87. The van der Waals surface area contributed by atoms with E-state index in [4.69, 9.17) is 25.2 Å². The Hall–Kier alpha value is -2.86. The van der Waals surface area contributed by atoms with E-state index in [1.54, 1.807) is 0 Å². The average Bonchev–Trinajstić information content (AvgIpc) is 3.35. The normalized spacial score (nSPS) is 21.1. The predicted molar refractivity (Wildman–Crippen MR) is 107 cm³/mol. The number of aromatic nitrogens is 3. The van der Waals surface area contributed by atoms with Crippen molar-refractivity contribution >= 4 is 0 Å². The number of nitrogens with zero attached hydrogens (tertiary/aromatic N) is 2. The van der Waals surface area contributed by atoms with Crippen molar-refractivity contribution in [2.24, 2.45) is 5.73 Å². The van der Waals surface area contributed by atoms with Crippen molar-refractivity contribution in [1.29, 1.82) is 0 Å². The lowest BCUT2D eigenvalue weighted by Crippen LogP contribution is -2.26. The van der Waals surface area contributed by atoms with Gasteiger partial charge in [-0.3, -0.25) is 4.98 Å². The summed E-state index contributed by atoms with van der Waals surface area (Å²) in [5.41, 5.74) is 10.8. The molecule has 0 bridgehead atoms. The maximum Gasteiger partial charge on any atom is 0.231 e. The Balaban J connectivity index is 1.60. The summed E-state index contributed by atoms with van der Waals surface area (Å²) < 4.78 is 11.0. The minimum atomic E-state index is 0.263. The zero-order valence-electron chi connectivity index (χ0n) is 15.9. The van der Waals surface area contributed by atoms with E-state index in [0.29, 0.717) is 12.0 Å². The van der Waals surface area contributed by atoms with Gasteiger partial charge in [0.05, 0.1) is 17.1 Å². The molecule has 0 atom stereocenters. The van der Waals surface area contributed by atoms with Gasteiger partial charge in [-0.15, -0.1) is 0 Å². The first-order chi connectivity index (χ1) is 13.7. The highest BCUT2D eigenvalue weighted by Gasteiger charge is 2.26. The van der Waals surface area contributed by atoms with Crippen molar-refractivity contribution in [3.05, 3.63) is 47.9 Å².